The summed E-state index contributed by atoms with van der Waals surface area (Å²) in [7, 11) is -4.09. The predicted molar refractivity (Wildman–Crippen MR) is 76.9 cm³/mol. The van der Waals surface area contributed by atoms with Crippen LogP contribution < -0.4 is 16.2 Å². The SMILES string of the molecule is Nc1ccc(Nc2c(F)cc(F)cc2Cl)c(S(N)(=O)=O)c1. The highest BCUT2D eigenvalue weighted by molar-refractivity contribution is 7.89. The van der Waals surface area contributed by atoms with Gasteiger partial charge in [-0.25, -0.2) is 22.3 Å². The minimum absolute atomic E-state index is 0.0286. The smallest absolute Gasteiger partial charge is 0.240 e. The van der Waals surface area contributed by atoms with Crippen LogP contribution in [-0.2, 0) is 10.0 Å². The predicted octanol–water partition coefficient (Wildman–Crippen LogP) is 2.59. The summed E-state index contributed by atoms with van der Waals surface area (Å²) >= 11 is 5.73. The van der Waals surface area contributed by atoms with E-state index in [4.69, 9.17) is 22.5 Å². The molecule has 0 aliphatic rings. The maximum Gasteiger partial charge on any atom is 0.240 e. The van der Waals surface area contributed by atoms with Gasteiger partial charge in [0.1, 0.15) is 10.7 Å². The standard InChI is InChI=1S/C12H10ClF2N3O2S/c13-8-3-6(14)4-9(15)12(8)18-10-2-1-7(16)5-11(10)21(17,19)20/h1-5,18H,16H2,(H2,17,19,20). The van der Waals surface area contributed by atoms with E-state index in [0.717, 1.165) is 12.1 Å². The van der Waals surface area contributed by atoms with Gasteiger partial charge in [0.05, 0.1) is 16.4 Å². The average molecular weight is 334 g/mol. The highest BCUT2D eigenvalue weighted by Gasteiger charge is 2.17. The van der Waals surface area contributed by atoms with Gasteiger partial charge in [0.2, 0.25) is 10.0 Å². The first-order valence-corrected chi connectivity index (χ1v) is 7.45. The molecular weight excluding hydrogens is 324 g/mol. The average Bonchev–Trinajstić information content (AvgIpc) is 2.34. The fraction of sp³-hybridized carbons (Fsp3) is 0. The van der Waals surface area contributed by atoms with Crippen LogP contribution in [0, 0.1) is 11.6 Å². The number of nitrogen functional groups attached to an aromatic ring is 1. The molecule has 0 radical (unpaired) electrons. The van der Waals surface area contributed by atoms with E-state index >= 15 is 0 Å². The van der Waals surface area contributed by atoms with E-state index in [1.807, 2.05) is 0 Å². The number of primary sulfonamides is 1. The van der Waals surface area contributed by atoms with Crippen molar-refractivity contribution in [2.45, 2.75) is 4.90 Å². The Kier molecular flexibility index (Phi) is 4.04. The minimum Gasteiger partial charge on any atom is -0.399 e. The molecule has 0 aliphatic carbocycles. The maximum absolute atomic E-state index is 13.7. The molecule has 21 heavy (non-hydrogen) atoms. The Morgan fingerprint density at radius 2 is 1.81 bits per heavy atom. The molecule has 2 aromatic carbocycles. The van der Waals surface area contributed by atoms with Crippen LogP contribution in [0.25, 0.3) is 0 Å². The first kappa shape index (κ1) is 15.5. The van der Waals surface area contributed by atoms with E-state index in [1.165, 1.54) is 12.1 Å². The lowest BCUT2D eigenvalue weighted by atomic mass is 10.2. The molecule has 0 spiro atoms. The van der Waals surface area contributed by atoms with Crippen LogP contribution in [0.5, 0.6) is 0 Å². The quantitative estimate of drug-likeness (QED) is 0.752. The van der Waals surface area contributed by atoms with Crippen LogP contribution >= 0.6 is 11.6 Å². The van der Waals surface area contributed by atoms with Gasteiger partial charge < -0.3 is 11.1 Å². The number of sulfonamides is 1. The normalized spacial score (nSPS) is 11.4. The first-order chi connectivity index (χ1) is 9.68. The Morgan fingerprint density at radius 1 is 1.14 bits per heavy atom. The summed E-state index contributed by atoms with van der Waals surface area (Å²) < 4.78 is 49.7. The molecule has 0 saturated heterocycles. The first-order valence-electron chi connectivity index (χ1n) is 5.52. The Bertz CT molecular complexity index is 789. The number of anilines is 3. The summed E-state index contributed by atoms with van der Waals surface area (Å²) in [6, 6.07) is 5.32. The van der Waals surface area contributed by atoms with E-state index in [-0.39, 0.29) is 27.0 Å². The van der Waals surface area contributed by atoms with Crippen molar-refractivity contribution < 1.29 is 17.2 Å². The van der Waals surface area contributed by atoms with E-state index in [2.05, 4.69) is 5.32 Å². The fourth-order valence-electron chi connectivity index (χ4n) is 1.67. The molecule has 0 atom stereocenters. The Morgan fingerprint density at radius 3 is 2.38 bits per heavy atom. The Labute approximate surface area is 124 Å². The zero-order valence-electron chi connectivity index (χ0n) is 10.4. The highest BCUT2D eigenvalue weighted by Crippen LogP contribution is 2.32. The van der Waals surface area contributed by atoms with Gasteiger partial charge in [0, 0.05) is 11.8 Å². The molecule has 9 heteroatoms. The van der Waals surface area contributed by atoms with Crippen LogP contribution in [0.1, 0.15) is 0 Å². The largest absolute Gasteiger partial charge is 0.399 e. The maximum atomic E-state index is 13.7. The van der Waals surface area contributed by atoms with Gasteiger partial charge in [-0.3, -0.25) is 0 Å². The molecule has 0 amide bonds. The van der Waals surface area contributed by atoms with Crippen LogP contribution in [0.4, 0.5) is 25.8 Å². The molecule has 112 valence electrons. The van der Waals surface area contributed by atoms with E-state index in [1.54, 1.807) is 0 Å². The molecule has 0 fully saturated rings. The van der Waals surface area contributed by atoms with Crippen molar-refractivity contribution in [1.82, 2.24) is 0 Å². The lowest BCUT2D eigenvalue weighted by Crippen LogP contribution is -2.15. The summed E-state index contributed by atoms with van der Waals surface area (Å²) in [5, 5.41) is 7.31. The number of halogens is 3. The van der Waals surface area contributed by atoms with Crippen molar-refractivity contribution in [2.24, 2.45) is 5.14 Å². The third kappa shape index (κ3) is 3.41. The number of nitrogens with two attached hydrogens (primary N) is 2. The third-order valence-electron chi connectivity index (χ3n) is 2.58. The molecule has 5 nitrogen and oxygen atoms in total. The van der Waals surface area contributed by atoms with E-state index in [9.17, 15) is 17.2 Å². The third-order valence-corrected chi connectivity index (χ3v) is 3.83. The molecule has 0 unspecified atom stereocenters. The second kappa shape index (κ2) is 5.47. The van der Waals surface area contributed by atoms with Crippen molar-refractivity contribution in [3.05, 3.63) is 47.0 Å². The number of rotatable bonds is 3. The number of hydrogen-bond acceptors (Lipinski definition) is 4. The van der Waals surface area contributed by atoms with E-state index in [0.29, 0.717) is 6.07 Å². The molecule has 5 N–H and O–H groups in total. The summed E-state index contributed by atoms with van der Waals surface area (Å²) in [4.78, 5) is -0.331. The van der Waals surface area contributed by atoms with Gasteiger partial charge in [0.25, 0.3) is 0 Å². The van der Waals surface area contributed by atoms with Gasteiger partial charge in [-0.2, -0.15) is 0 Å². The minimum atomic E-state index is -4.09. The van der Waals surface area contributed by atoms with Crippen molar-refractivity contribution in [3.8, 4) is 0 Å². The lowest BCUT2D eigenvalue weighted by molar-refractivity contribution is 0.585. The van der Waals surface area contributed by atoms with Crippen LogP contribution in [0.2, 0.25) is 5.02 Å². The summed E-state index contributed by atoms with van der Waals surface area (Å²) in [6.07, 6.45) is 0. The fourth-order valence-corrected chi connectivity index (χ4v) is 2.64. The summed E-state index contributed by atoms with van der Waals surface area (Å²) in [6.45, 7) is 0. The molecular formula is C12H10ClF2N3O2S. The topological polar surface area (TPSA) is 98.2 Å². The van der Waals surface area contributed by atoms with Crippen LogP contribution in [-0.4, -0.2) is 8.42 Å². The van der Waals surface area contributed by atoms with Gasteiger partial charge in [-0.15, -0.1) is 0 Å². The lowest BCUT2D eigenvalue weighted by Gasteiger charge is -2.13. The molecule has 0 aromatic heterocycles. The molecule has 0 heterocycles. The summed E-state index contributed by atoms with van der Waals surface area (Å²) in [5.41, 5.74) is 5.36. The van der Waals surface area contributed by atoms with Crippen molar-refractivity contribution in [1.29, 1.82) is 0 Å². The molecule has 2 rings (SSSR count). The Hall–Kier alpha value is -1.90. The monoisotopic (exact) mass is 333 g/mol. The van der Waals surface area contributed by atoms with Crippen molar-refractivity contribution >= 4 is 38.7 Å². The second-order valence-electron chi connectivity index (χ2n) is 4.17. The van der Waals surface area contributed by atoms with Gasteiger partial charge in [-0.05, 0) is 24.3 Å². The van der Waals surface area contributed by atoms with Gasteiger partial charge >= 0.3 is 0 Å². The van der Waals surface area contributed by atoms with Gasteiger partial charge in [0.15, 0.2) is 5.82 Å². The molecule has 0 saturated carbocycles. The highest BCUT2D eigenvalue weighted by atomic mass is 35.5. The zero-order valence-corrected chi connectivity index (χ0v) is 12.0. The molecule has 0 bridgehead atoms. The Balaban J connectivity index is 2.56. The van der Waals surface area contributed by atoms with Crippen LogP contribution in [0.15, 0.2) is 35.2 Å². The molecule has 0 aliphatic heterocycles. The zero-order chi connectivity index (χ0) is 15.8. The second-order valence-corrected chi connectivity index (χ2v) is 6.11. The van der Waals surface area contributed by atoms with Crippen LogP contribution in [0.3, 0.4) is 0 Å². The van der Waals surface area contributed by atoms with Gasteiger partial charge in [-0.1, -0.05) is 11.6 Å². The summed E-state index contributed by atoms with van der Waals surface area (Å²) in [5.74, 6) is -1.83. The number of nitrogens with one attached hydrogen (secondary N) is 1. The number of benzene rings is 2. The van der Waals surface area contributed by atoms with E-state index < -0.39 is 21.7 Å². The number of hydrogen-bond donors (Lipinski definition) is 3. The van der Waals surface area contributed by atoms with Crippen molar-refractivity contribution in [3.63, 3.8) is 0 Å². The molecule has 2 aromatic rings. The van der Waals surface area contributed by atoms with Crippen molar-refractivity contribution in [2.75, 3.05) is 11.1 Å².